The first kappa shape index (κ1) is 12.8. The Morgan fingerprint density at radius 1 is 0.316 bits per heavy atom. The largest absolute Gasteiger partial charge is 0.0616 e. The smallest absolute Gasteiger partial charge is 0 e. The average molecular weight is 317 g/mol. The van der Waals surface area contributed by atoms with Crippen LogP contribution in [0.2, 0.25) is 0 Å². The summed E-state index contributed by atoms with van der Waals surface area (Å²) >= 11 is 0. The van der Waals surface area contributed by atoms with E-state index in [0.29, 0.717) is 0 Å². The summed E-state index contributed by atoms with van der Waals surface area (Å²) in [6.45, 7) is 0. The first-order valence-electron chi connectivity index (χ1n) is 6.23. The Morgan fingerprint density at radius 2 is 0.474 bits per heavy atom. The van der Waals surface area contributed by atoms with Gasteiger partial charge in [0.05, 0.1) is 0 Å². The molecule has 0 fully saturated rings. The van der Waals surface area contributed by atoms with Crippen molar-refractivity contribution >= 4 is 32.3 Å². The van der Waals surface area contributed by atoms with Gasteiger partial charge < -0.3 is 0 Å². The summed E-state index contributed by atoms with van der Waals surface area (Å²) in [6.07, 6.45) is 0. The molecule has 0 spiro atoms. The molecule has 0 N–H and O–H groups in total. The van der Waals surface area contributed by atoms with Gasteiger partial charge in [-0.3, -0.25) is 0 Å². The van der Waals surface area contributed by atoms with Gasteiger partial charge in [-0.1, -0.05) is 72.8 Å². The van der Waals surface area contributed by atoms with Crippen LogP contribution in [0.15, 0.2) is 72.8 Å². The summed E-state index contributed by atoms with van der Waals surface area (Å²) in [6, 6.07) is 26.0. The molecule has 4 rings (SSSR count). The van der Waals surface area contributed by atoms with Crippen molar-refractivity contribution in [1.29, 1.82) is 0 Å². The van der Waals surface area contributed by atoms with E-state index in [1.807, 2.05) is 0 Å². The van der Waals surface area contributed by atoms with Crippen LogP contribution in [0.1, 0.15) is 0 Å². The zero-order valence-electron chi connectivity index (χ0n) is 10.5. The third kappa shape index (κ3) is 1.91. The number of fused-ring (bicyclic) bond motifs is 6. The minimum Gasteiger partial charge on any atom is -0.0616 e. The van der Waals surface area contributed by atoms with Gasteiger partial charge in [-0.15, -0.1) is 0 Å². The molecule has 19 heavy (non-hydrogen) atoms. The first-order chi connectivity index (χ1) is 8.95. The molecule has 4 aromatic rings. The monoisotopic (exact) mass is 317 g/mol. The number of benzene rings is 4. The van der Waals surface area contributed by atoms with E-state index < -0.39 is 0 Å². The molecule has 0 bridgehead atoms. The van der Waals surface area contributed by atoms with Gasteiger partial charge in [0.1, 0.15) is 0 Å². The fourth-order valence-corrected chi connectivity index (χ4v) is 2.86. The molecule has 0 saturated heterocycles. The van der Waals surface area contributed by atoms with Crippen LogP contribution in [0.3, 0.4) is 0 Å². The molecule has 87 valence electrons. The second-order valence-electron chi connectivity index (χ2n) is 4.64. The van der Waals surface area contributed by atoms with E-state index in [0.717, 1.165) is 0 Å². The van der Waals surface area contributed by atoms with Crippen molar-refractivity contribution in [2.24, 2.45) is 0 Å². The molecule has 0 atom stereocenters. The topological polar surface area (TPSA) is 0 Å². The maximum atomic E-state index is 2.21. The van der Waals surface area contributed by atoms with Crippen molar-refractivity contribution in [3.05, 3.63) is 72.8 Å². The zero-order chi connectivity index (χ0) is 11.9. The number of rotatable bonds is 0. The van der Waals surface area contributed by atoms with Gasteiger partial charge in [0.15, 0.2) is 0 Å². The van der Waals surface area contributed by atoms with Crippen molar-refractivity contribution in [1.82, 2.24) is 0 Å². The van der Waals surface area contributed by atoms with Crippen molar-refractivity contribution in [3.63, 3.8) is 0 Å². The molecular formula is C18H12Y. The Bertz CT molecular complexity index is 657. The molecule has 0 aliphatic carbocycles. The second-order valence-corrected chi connectivity index (χ2v) is 4.64. The molecule has 0 aliphatic heterocycles. The summed E-state index contributed by atoms with van der Waals surface area (Å²) in [4.78, 5) is 0. The van der Waals surface area contributed by atoms with Gasteiger partial charge in [0.25, 0.3) is 0 Å². The van der Waals surface area contributed by atoms with Gasteiger partial charge in [0, 0.05) is 32.7 Å². The van der Waals surface area contributed by atoms with Crippen molar-refractivity contribution in [2.45, 2.75) is 0 Å². The maximum absolute atomic E-state index is 2.21. The standard InChI is InChI=1S/C18H12.Y/c1-2-8-14-13(7-1)15-9-3-4-11-17(15)18-12-6-5-10-16(14)18;/h1-12H;. The minimum absolute atomic E-state index is 0. The normalized spacial score (nSPS) is 10.7. The van der Waals surface area contributed by atoms with Crippen molar-refractivity contribution in [3.8, 4) is 0 Å². The molecule has 1 radical (unpaired) electrons. The van der Waals surface area contributed by atoms with E-state index in [1.165, 1.54) is 32.3 Å². The molecule has 0 saturated carbocycles. The van der Waals surface area contributed by atoms with Gasteiger partial charge >= 0.3 is 0 Å². The van der Waals surface area contributed by atoms with Gasteiger partial charge in [-0.05, 0) is 32.3 Å². The van der Waals surface area contributed by atoms with Crippen LogP contribution >= 0.6 is 0 Å². The summed E-state index contributed by atoms with van der Waals surface area (Å²) < 4.78 is 0. The molecule has 0 nitrogen and oxygen atoms in total. The van der Waals surface area contributed by atoms with E-state index in [4.69, 9.17) is 0 Å². The maximum Gasteiger partial charge on any atom is 0 e. The third-order valence-electron chi connectivity index (χ3n) is 3.65. The quantitative estimate of drug-likeness (QED) is 0.394. The van der Waals surface area contributed by atoms with Crippen LogP contribution in [0.25, 0.3) is 32.3 Å². The Hall–Kier alpha value is -1.24. The molecule has 0 unspecified atom stereocenters. The van der Waals surface area contributed by atoms with E-state index >= 15 is 0 Å². The van der Waals surface area contributed by atoms with Crippen molar-refractivity contribution < 1.29 is 32.7 Å². The van der Waals surface area contributed by atoms with Crippen LogP contribution < -0.4 is 0 Å². The third-order valence-corrected chi connectivity index (χ3v) is 3.65. The van der Waals surface area contributed by atoms with E-state index in [9.17, 15) is 0 Å². The van der Waals surface area contributed by atoms with Gasteiger partial charge in [-0.2, -0.15) is 0 Å². The van der Waals surface area contributed by atoms with E-state index in [1.54, 1.807) is 0 Å². The van der Waals surface area contributed by atoms with Crippen LogP contribution in [-0.2, 0) is 32.7 Å². The zero-order valence-corrected chi connectivity index (χ0v) is 13.3. The average Bonchev–Trinajstić information content (AvgIpc) is 2.48. The van der Waals surface area contributed by atoms with E-state index in [2.05, 4.69) is 72.8 Å². The first-order valence-corrected chi connectivity index (χ1v) is 6.23. The molecule has 0 heterocycles. The molecule has 4 aromatic carbocycles. The summed E-state index contributed by atoms with van der Waals surface area (Å²) in [5.74, 6) is 0. The van der Waals surface area contributed by atoms with Gasteiger partial charge in [0.2, 0.25) is 0 Å². The summed E-state index contributed by atoms with van der Waals surface area (Å²) in [5.41, 5.74) is 0. The molecular weight excluding hydrogens is 305 g/mol. The van der Waals surface area contributed by atoms with E-state index in [-0.39, 0.29) is 32.7 Å². The Morgan fingerprint density at radius 3 is 0.632 bits per heavy atom. The number of hydrogen-bond donors (Lipinski definition) is 0. The van der Waals surface area contributed by atoms with Gasteiger partial charge in [-0.25, -0.2) is 0 Å². The minimum atomic E-state index is 0. The molecule has 0 amide bonds. The number of hydrogen-bond acceptors (Lipinski definition) is 0. The SMILES string of the molecule is [Y].c1ccc2c(c1)c1ccccc1c1ccccc21. The summed E-state index contributed by atoms with van der Waals surface area (Å²) in [7, 11) is 0. The fraction of sp³-hybridized carbons (Fsp3) is 0. The second kappa shape index (κ2) is 5.04. The van der Waals surface area contributed by atoms with Crippen LogP contribution in [-0.4, -0.2) is 0 Å². The predicted molar refractivity (Wildman–Crippen MR) is 79.0 cm³/mol. The Kier molecular flexibility index (Phi) is 3.39. The molecule has 1 heteroatoms. The predicted octanol–water partition coefficient (Wildman–Crippen LogP) is 5.14. The van der Waals surface area contributed by atoms with Crippen LogP contribution in [0, 0.1) is 0 Å². The summed E-state index contributed by atoms with van der Waals surface area (Å²) in [5, 5.41) is 8.04. The fourth-order valence-electron chi connectivity index (χ4n) is 2.86. The van der Waals surface area contributed by atoms with Crippen molar-refractivity contribution in [2.75, 3.05) is 0 Å². The molecule has 0 aliphatic rings. The Balaban J connectivity index is 0.00000110. The molecule has 0 aromatic heterocycles. The van der Waals surface area contributed by atoms with Crippen LogP contribution in [0.5, 0.6) is 0 Å². The Labute approximate surface area is 137 Å². The van der Waals surface area contributed by atoms with Crippen LogP contribution in [0.4, 0.5) is 0 Å².